The molecule has 0 atom stereocenters. The van der Waals surface area contributed by atoms with Crippen LogP contribution in [0, 0.1) is 6.92 Å². The van der Waals surface area contributed by atoms with Crippen LogP contribution in [0.1, 0.15) is 30.0 Å². The summed E-state index contributed by atoms with van der Waals surface area (Å²) in [4.78, 5) is 17.8. The smallest absolute Gasteiger partial charge is 0.253 e. The minimum Gasteiger partial charge on any atom is -0.454 e. The number of nitrogens with one attached hydrogen (secondary N) is 2. The van der Waals surface area contributed by atoms with E-state index in [0.717, 1.165) is 39.9 Å². The number of benzene rings is 2. The third-order valence-corrected chi connectivity index (χ3v) is 5.88. The van der Waals surface area contributed by atoms with Gasteiger partial charge in [0.05, 0.1) is 6.54 Å². The molecule has 0 unspecified atom stereocenters. The summed E-state index contributed by atoms with van der Waals surface area (Å²) in [5, 5.41) is 4.90. The summed E-state index contributed by atoms with van der Waals surface area (Å²) >= 11 is 5.72. The van der Waals surface area contributed by atoms with Crippen molar-refractivity contribution in [2.24, 2.45) is 0 Å². The van der Waals surface area contributed by atoms with Gasteiger partial charge < -0.3 is 29.4 Å². The molecule has 174 valence electrons. The van der Waals surface area contributed by atoms with E-state index < -0.39 is 0 Å². The number of ether oxygens (including phenoxy) is 3. The average molecular weight is 468 g/mol. The maximum atomic E-state index is 12.8. The summed E-state index contributed by atoms with van der Waals surface area (Å²) in [5.74, 6) is 1.46. The van der Waals surface area contributed by atoms with Crippen LogP contribution in [0.5, 0.6) is 11.5 Å². The molecular formula is C25H29N3O4S. The van der Waals surface area contributed by atoms with Gasteiger partial charge in [0.1, 0.15) is 0 Å². The van der Waals surface area contributed by atoms with Gasteiger partial charge in [-0.05, 0) is 73.8 Å². The summed E-state index contributed by atoms with van der Waals surface area (Å²) in [7, 11) is 0. The highest BCUT2D eigenvalue weighted by molar-refractivity contribution is 7.80. The van der Waals surface area contributed by atoms with Crippen molar-refractivity contribution < 1.29 is 14.2 Å². The molecule has 0 radical (unpaired) electrons. The van der Waals surface area contributed by atoms with E-state index in [-0.39, 0.29) is 12.4 Å². The zero-order valence-corrected chi connectivity index (χ0v) is 19.8. The lowest BCUT2D eigenvalue weighted by molar-refractivity contribution is 0.145. The van der Waals surface area contributed by atoms with Gasteiger partial charge in [-0.3, -0.25) is 4.79 Å². The van der Waals surface area contributed by atoms with Crippen molar-refractivity contribution in [2.45, 2.75) is 33.4 Å². The van der Waals surface area contributed by atoms with E-state index in [1.165, 1.54) is 0 Å². The van der Waals surface area contributed by atoms with E-state index in [1.54, 1.807) is 0 Å². The Morgan fingerprint density at radius 2 is 2.00 bits per heavy atom. The van der Waals surface area contributed by atoms with Crippen molar-refractivity contribution in [1.29, 1.82) is 0 Å². The number of nitrogens with zero attached hydrogens (tertiary/aromatic N) is 1. The summed E-state index contributed by atoms with van der Waals surface area (Å²) in [6, 6.07) is 13.8. The van der Waals surface area contributed by atoms with Crippen molar-refractivity contribution >= 4 is 28.2 Å². The van der Waals surface area contributed by atoms with Crippen LogP contribution in [-0.2, 0) is 17.8 Å². The maximum absolute atomic E-state index is 12.8. The second-order valence-corrected chi connectivity index (χ2v) is 8.43. The molecule has 0 aliphatic carbocycles. The van der Waals surface area contributed by atoms with Gasteiger partial charge >= 0.3 is 0 Å². The number of thiocarbonyl (C=S) groups is 1. The number of pyridine rings is 1. The van der Waals surface area contributed by atoms with Crippen LogP contribution in [-0.4, -0.2) is 41.5 Å². The fourth-order valence-corrected chi connectivity index (χ4v) is 4.01. The summed E-state index contributed by atoms with van der Waals surface area (Å²) < 4.78 is 16.4. The SMILES string of the molecule is CCOCCCNC(=S)N(Cc1ccc2c(c1)OCO2)Cc1cc2cc(C)ccc2[nH]c1=O. The van der Waals surface area contributed by atoms with Gasteiger partial charge in [-0.15, -0.1) is 0 Å². The fraction of sp³-hybridized carbons (Fsp3) is 0.360. The quantitative estimate of drug-likeness (QED) is 0.365. The zero-order chi connectivity index (χ0) is 23.2. The van der Waals surface area contributed by atoms with E-state index in [0.29, 0.717) is 43.5 Å². The molecule has 2 heterocycles. The lowest BCUT2D eigenvalue weighted by Gasteiger charge is -2.26. The van der Waals surface area contributed by atoms with Crippen LogP contribution >= 0.6 is 12.2 Å². The van der Waals surface area contributed by atoms with Crippen molar-refractivity contribution in [3.8, 4) is 11.5 Å². The summed E-state index contributed by atoms with van der Waals surface area (Å²) in [6.07, 6.45) is 0.849. The van der Waals surface area contributed by atoms with Gasteiger partial charge in [0.25, 0.3) is 5.56 Å². The molecule has 0 amide bonds. The van der Waals surface area contributed by atoms with Crippen LogP contribution in [0.4, 0.5) is 0 Å². The number of hydrogen-bond acceptors (Lipinski definition) is 5. The topological polar surface area (TPSA) is 75.8 Å². The van der Waals surface area contributed by atoms with Gasteiger partial charge in [0.2, 0.25) is 6.79 Å². The van der Waals surface area contributed by atoms with Gasteiger partial charge in [0.15, 0.2) is 16.6 Å². The first-order valence-electron chi connectivity index (χ1n) is 11.1. The molecule has 4 rings (SSSR count). The van der Waals surface area contributed by atoms with Crippen LogP contribution in [0.15, 0.2) is 47.3 Å². The Labute approximate surface area is 198 Å². The molecule has 2 N–H and O–H groups in total. The van der Waals surface area contributed by atoms with Crippen molar-refractivity contribution in [1.82, 2.24) is 15.2 Å². The number of rotatable bonds is 9. The van der Waals surface area contributed by atoms with Crippen LogP contribution in [0.3, 0.4) is 0 Å². The molecule has 0 spiro atoms. The van der Waals surface area contributed by atoms with E-state index in [1.807, 2.05) is 55.1 Å². The highest BCUT2D eigenvalue weighted by Gasteiger charge is 2.17. The first kappa shape index (κ1) is 23.1. The molecule has 1 aliphatic rings. The van der Waals surface area contributed by atoms with Gasteiger partial charge in [-0.2, -0.15) is 0 Å². The van der Waals surface area contributed by atoms with Gasteiger partial charge in [0, 0.05) is 37.4 Å². The molecule has 0 saturated carbocycles. The number of aryl methyl sites for hydroxylation is 1. The highest BCUT2D eigenvalue weighted by Crippen LogP contribution is 2.33. The third kappa shape index (κ3) is 5.83. The van der Waals surface area contributed by atoms with Crippen molar-refractivity contribution in [3.63, 3.8) is 0 Å². The Morgan fingerprint density at radius 3 is 2.85 bits per heavy atom. The predicted molar refractivity (Wildman–Crippen MR) is 133 cm³/mol. The molecule has 0 bridgehead atoms. The number of aromatic amines is 1. The Kier molecular flexibility index (Phi) is 7.47. The summed E-state index contributed by atoms with van der Waals surface area (Å²) in [6.45, 7) is 7.23. The normalized spacial score (nSPS) is 12.2. The monoisotopic (exact) mass is 467 g/mol. The van der Waals surface area contributed by atoms with Crippen molar-refractivity contribution in [2.75, 3.05) is 26.6 Å². The molecule has 0 fully saturated rings. The van der Waals surface area contributed by atoms with E-state index in [9.17, 15) is 4.79 Å². The molecule has 1 aromatic heterocycles. The lowest BCUT2D eigenvalue weighted by atomic mass is 10.1. The van der Waals surface area contributed by atoms with Gasteiger partial charge in [-0.1, -0.05) is 17.7 Å². The van der Waals surface area contributed by atoms with E-state index in [4.69, 9.17) is 26.4 Å². The number of hydrogen-bond donors (Lipinski definition) is 2. The Bertz CT molecular complexity index is 1190. The van der Waals surface area contributed by atoms with Crippen LogP contribution in [0.25, 0.3) is 10.9 Å². The Balaban J connectivity index is 1.55. The zero-order valence-electron chi connectivity index (χ0n) is 19.0. The molecule has 33 heavy (non-hydrogen) atoms. The number of fused-ring (bicyclic) bond motifs is 2. The minimum absolute atomic E-state index is 0.110. The highest BCUT2D eigenvalue weighted by atomic mass is 32.1. The first-order valence-corrected chi connectivity index (χ1v) is 11.6. The predicted octanol–water partition coefficient (Wildman–Crippen LogP) is 3.87. The summed E-state index contributed by atoms with van der Waals surface area (Å²) in [5.41, 5.74) is 3.54. The fourth-order valence-electron chi connectivity index (χ4n) is 3.78. The van der Waals surface area contributed by atoms with Crippen LogP contribution in [0.2, 0.25) is 0 Å². The van der Waals surface area contributed by atoms with Crippen molar-refractivity contribution in [3.05, 3.63) is 69.5 Å². The molecule has 0 saturated heterocycles. The van der Waals surface area contributed by atoms with Crippen LogP contribution < -0.4 is 20.3 Å². The first-order chi connectivity index (χ1) is 16.0. The standard InChI is InChI=1S/C25H29N3O4S/c1-3-30-10-4-9-26-25(33)28(14-18-6-8-22-23(12-18)32-16-31-22)15-20-13-19-11-17(2)5-7-21(19)27-24(20)29/h5-8,11-13H,3-4,9-10,14-16H2,1-2H3,(H,26,33)(H,27,29). The van der Waals surface area contributed by atoms with E-state index >= 15 is 0 Å². The second kappa shape index (κ2) is 10.7. The maximum Gasteiger partial charge on any atom is 0.253 e. The number of aromatic nitrogens is 1. The van der Waals surface area contributed by atoms with E-state index in [2.05, 4.69) is 16.4 Å². The minimum atomic E-state index is -0.110. The Hall–Kier alpha value is -3.10. The molecule has 2 aromatic carbocycles. The average Bonchev–Trinajstić information content (AvgIpc) is 3.27. The Morgan fingerprint density at radius 1 is 1.15 bits per heavy atom. The second-order valence-electron chi connectivity index (χ2n) is 8.04. The molecule has 3 aromatic rings. The largest absolute Gasteiger partial charge is 0.454 e. The molecule has 1 aliphatic heterocycles. The number of H-pyrrole nitrogens is 1. The lowest BCUT2D eigenvalue weighted by Crippen LogP contribution is -2.40. The van der Waals surface area contributed by atoms with Gasteiger partial charge in [-0.25, -0.2) is 0 Å². The third-order valence-electron chi connectivity index (χ3n) is 5.48. The molecule has 8 heteroatoms. The molecular weight excluding hydrogens is 438 g/mol. The molecule has 7 nitrogen and oxygen atoms in total.